The van der Waals surface area contributed by atoms with Crippen LogP contribution in [0.15, 0.2) is 30.5 Å². The summed E-state index contributed by atoms with van der Waals surface area (Å²) in [5.41, 5.74) is 5.76. The van der Waals surface area contributed by atoms with Crippen molar-refractivity contribution in [3.63, 3.8) is 0 Å². The lowest BCUT2D eigenvalue weighted by Gasteiger charge is -2.05. The summed E-state index contributed by atoms with van der Waals surface area (Å²) in [4.78, 5) is 0. The minimum atomic E-state index is 0.336. The Kier molecular flexibility index (Phi) is 3.41. The summed E-state index contributed by atoms with van der Waals surface area (Å²) in [6.07, 6.45) is 1.74. The third-order valence-electron chi connectivity index (χ3n) is 2.17. The van der Waals surface area contributed by atoms with Gasteiger partial charge >= 0.3 is 0 Å². The van der Waals surface area contributed by atoms with Crippen LogP contribution in [0.5, 0.6) is 0 Å². The zero-order chi connectivity index (χ0) is 12.1. The maximum Gasteiger partial charge on any atom is 0.175 e. The van der Waals surface area contributed by atoms with E-state index in [4.69, 9.17) is 0 Å². The van der Waals surface area contributed by atoms with Crippen molar-refractivity contribution in [2.45, 2.75) is 13.8 Å². The maximum absolute atomic E-state index is 4.03. The lowest BCUT2D eigenvalue weighted by Crippen LogP contribution is -2.16. The lowest BCUT2D eigenvalue weighted by molar-refractivity contribution is 0.861. The van der Waals surface area contributed by atoms with E-state index in [0.29, 0.717) is 11.7 Å². The number of nitrogens with one attached hydrogen (secondary N) is 2. The molecule has 0 bridgehead atoms. The van der Waals surface area contributed by atoms with E-state index in [9.17, 15) is 0 Å². The molecule has 0 aliphatic heterocycles. The molecule has 17 heavy (non-hydrogen) atoms. The molecule has 0 saturated heterocycles. The zero-order valence-corrected chi connectivity index (χ0v) is 9.86. The van der Waals surface area contributed by atoms with Crippen LogP contribution in [0.3, 0.4) is 0 Å². The maximum atomic E-state index is 4.03. The molecule has 0 saturated carbocycles. The van der Waals surface area contributed by atoms with Crippen LogP contribution in [-0.4, -0.2) is 10.2 Å². The van der Waals surface area contributed by atoms with E-state index < -0.39 is 0 Å². The van der Waals surface area contributed by atoms with E-state index in [-0.39, 0.29) is 0 Å². The fourth-order valence-electron chi connectivity index (χ4n) is 1.39. The van der Waals surface area contributed by atoms with Crippen LogP contribution in [0.4, 0.5) is 5.82 Å². The Morgan fingerprint density at radius 1 is 1.24 bits per heavy atom. The Labute approximate surface area is 100 Å². The fraction of sp³-hybridized carbons (Fsp3) is 0.231. The molecule has 0 unspecified atom stereocenters. The average Bonchev–Trinajstić information content (AvgIpc) is 2.34. The third kappa shape index (κ3) is 2.85. The quantitative estimate of drug-likeness (QED) is 0.468. The average molecular weight is 226 g/mol. The molecule has 4 nitrogen and oxygen atoms in total. The van der Waals surface area contributed by atoms with Gasteiger partial charge in [-0.2, -0.15) is 5.10 Å². The van der Waals surface area contributed by atoms with Gasteiger partial charge in [-0.1, -0.05) is 44.0 Å². The minimum absolute atomic E-state index is 0.336. The number of nitrogens with zero attached hydrogens (tertiary/aromatic N) is 2. The molecule has 1 heterocycles. The molecule has 0 atom stereocenters. The Hall–Kier alpha value is -2.28. The van der Waals surface area contributed by atoms with Gasteiger partial charge in [0.2, 0.25) is 0 Å². The van der Waals surface area contributed by atoms with Crippen LogP contribution < -0.4 is 10.9 Å². The summed E-state index contributed by atoms with van der Waals surface area (Å²) in [6, 6.07) is 10.7. The standard InChI is InChI=1S/C13H14N4/c1-10(2)7-8-14-16-13-12-6-4-3-5-11(12)9-15-17-13/h3-6,9-10,14H,1-2H3,(H,16,17). The molecule has 2 N–H and O–H groups in total. The van der Waals surface area contributed by atoms with Gasteiger partial charge in [0.25, 0.3) is 0 Å². The van der Waals surface area contributed by atoms with Gasteiger partial charge in [-0.3, -0.25) is 10.9 Å². The first-order chi connectivity index (χ1) is 8.27. The normalized spacial score (nSPS) is 9.82. The van der Waals surface area contributed by atoms with Crippen LogP contribution in [0.2, 0.25) is 0 Å². The summed E-state index contributed by atoms with van der Waals surface area (Å²) < 4.78 is 0. The van der Waals surface area contributed by atoms with Gasteiger partial charge in [-0.15, -0.1) is 5.10 Å². The van der Waals surface area contributed by atoms with Crippen molar-refractivity contribution >= 4 is 16.6 Å². The Morgan fingerprint density at radius 2 is 2.06 bits per heavy atom. The number of hydrogen-bond donors (Lipinski definition) is 2. The van der Waals surface area contributed by atoms with Crippen LogP contribution >= 0.6 is 0 Å². The van der Waals surface area contributed by atoms with Crippen molar-refractivity contribution in [3.8, 4) is 12.0 Å². The first kappa shape index (κ1) is 11.2. The monoisotopic (exact) mass is 226 g/mol. The second kappa shape index (κ2) is 5.17. The van der Waals surface area contributed by atoms with Crippen LogP contribution in [0.1, 0.15) is 13.8 Å². The Bertz CT molecular complexity index is 561. The van der Waals surface area contributed by atoms with Crippen molar-refractivity contribution in [2.75, 3.05) is 5.43 Å². The number of fused-ring (bicyclic) bond motifs is 1. The highest BCUT2D eigenvalue weighted by atomic mass is 15.4. The molecule has 4 heteroatoms. The molecule has 1 aromatic carbocycles. The van der Waals surface area contributed by atoms with Crippen LogP contribution in [0, 0.1) is 17.9 Å². The Morgan fingerprint density at radius 3 is 2.88 bits per heavy atom. The van der Waals surface area contributed by atoms with Gasteiger partial charge in [0.05, 0.1) is 6.20 Å². The van der Waals surface area contributed by atoms with E-state index in [0.717, 1.165) is 10.8 Å². The predicted molar refractivity (Wildman–Crippen MR) is 68.9 cm³/mol. The van der Waals surface area contributed by atoms with Gasteiger partial charge in [0.1, 0.15) is 0 Å². The largest absolute Gasteiger partial charge is 0.275 e. The highest BCUT2D eigenvalue weighted by molar-refractivity contribution is 5.90. The molecule has 2 aromatic rings. The highest BCUT2D eigenvalue weighted by Gasteiger charge is 2.00. The van der Waals surface area contributed by atoms with Crippen molar-refractivity contribution in [1.82, 2.24) is 15.6 Å². The third-order valence-corrected chi connectivity index (χ3v) is 2.17. The highest BCUT2D eigenvalue weighted by Crippen LogP contribution is 2.17. The lowest BCUT2D eigenvalue weighted by atomic mass is 10.2. The molecule has 0 spiro atoms. The molecule has 1 aromatic heterocycles. The second-order valence-corrected chi connectivity index (χ2v) is 3.95. The topological polar surface area (TPSA) is 49.8 Å². The van der Waals surface area contributed by atoms with E-state index in [1.165, 1.54) is 0 Å². The summed E-state index contributed by atoms with van der Waals surface area (Å²) >= 11 is 0. The summed E-state index contributed by atoms with van der Waals surface area (Å²) in [5, 5.41) is 10.0. The zero-order valence-electron chi connectivity index (χ0n) is 9.86. The molecule has 0 aliphatic rings. The molecule has 0 aliphatic carbocycles. The number of hydrogen-bond acceptors (Lipinski definition) is 4. The minimum Gasteiger partial charge on any atom is -0.275 e. The molecular weight excluding hydrogens is 212 g/mol. The van der Waals surface area contributed by atoms with Crippen molar-refractivity contribution in [2.24, 2.45) is 5.92 Å². The number of hydrazine groups is 1. The smallest absolute Gasteiger partial charge is 0.175 e. The van der Waals surface area contributed by atoms with Gasteiger partial charge in [0, 0.05) is 22.7 Å². The first-order valence-electron chi connectivity index (χ1n) is 5.49. The van der Waals surface area contributed by atoms with Crippen molar-refractivity contribution < 1.29 is 0 Å². The predicted octanol–water partition coefficient (Wildman–Crippen LogP) is 2.16. The van der Waals surface area contributed by atoms with Gasteiger partial charge < -0.3 is 0 Å². The van der Waals surface area contributed by atoms with Gasteiger partial charge in [0.15, 0.2) is 5.82 Å². The summed E-state index contributed by atoms with van der Waals surface area (Å²) in [6.45, 7) is 4.07. The Balaban J connectivity index is 2.17. The molecular formula is C13H14N4. The fourth-order valence-corrected chi connectivity index (χ4v) is 1.39. The number of rotatable bonds is 2. The molecule has 0 amide bonds. The van der Waals surface area contributed by atoms with Gasteiger partial charge in [-0.25, -0.2) is 0 Å². The summed E-state index contributed by atoms with van der Waals surface area (Å²) in [7, 11) is 0. The number of anilines is 1. The van der Waals surface area contributed by atoms with E-state index >= 15 is 0 Å². The van der Waals surface area contributed by atoms with Crippen LogP contribution in [0.25, 0.3) is 10.8 Å². The van der Waals surface area contributed by atoms with Gasteiger partial charge in [-0.05, 0) is 0 Å². The molecule has 0 fully saturated rings. The van der Waals surface area contributed by atoms with Crippen LogP contribution in [-0.2, 0) is 0 Å². The van der Waals surface area contributed by atoms with E-state index in [2.05, 4.69) is 33.0 Å². The first-order valence-corrected chi connectivity index (χ1v) is 5.49. The number of benzene rings is 1. The molecule has 2 rings (SSSR count). The summed E-state index contributed by atoms with van der Waals surface area (Å²) in [5.74, 6) is 4.01. The van der Waals surface area contributed by atoms with E-state index in [1.54, 1.807) is 6.20 Å². The van der Waals surface area contributed by atoms with E-state index in [1.807, 2.05) is 38.1 Å². The SMILES string of the molecule is CC(C)C#CNNc1nncc2ccccc12. The second-order valence-electron chi connectivity index (χ2n) is 3.95. The molecule has 86 valence electrons. The van der Waals surface area contributed by atoms with Crippen molar-refractivity contribution in [3.05, 3.63) is 30.5 Å². The number of aromatic nitrogens is 2. The molecule has 0 radical (unpaired) electrons. The van der Waals surface area contributed by atoms with Crippen molar-refractivity contribution in [1.29, 1.82) is 0 Å².